The maximum Gasteiger partial charge on any atom is 0.232 e. The number of carbonyl (C=O) groups excluding carboxylic acids is 1. The Hall–Kier alpha value is -3.02. The first-order valence-electron chi connectivity index (χ1n) is 7.17. The van der Waals surface area contributed by atoms with Crippen LogP contribution >= 0.6 is 0 Å². The molecule has 3 rings (SSSR count). The molecule has 3 aromatic rings. The SMILES string of the molecule is Cc1oc(-c2c(F)cccc2F)nc1COc1ccc(C=O)cc1. The highest BCUT2D eigenvalue weighted by Crippen LogP contribution is 2.27. The standard InChI is InChI=1S/C18H13F2NO3/c1-11-16(10-23-13-7-5-12(9-22)6-8-13)21-18(24-11)17-14(19)3-2-4-15(17)20/h2-9H,10H2,1H3. The smallest absolute Gasteiger partial charge is 0.232 e. The lowest BCUT2D eigenvalue weighted by molar-refractivity contribution is 0.112. The number of carbonyl (C=O) groups is 1. The number of hydrogen-bond donors (Lipinski definition) is 0. The van der Waals surface area contributed by atoms with Crippen molar-refractivity contribution >= 4 is 6.29 Å². The normalized spacial score (nSPS) is 10.6. The fourth-order valence-corrected chi connectivity index (χ4v) is 2.17. The van der Waals surface area contributed by atoms with Gasteiger partial charge in [0.2, 0.25) is 5.89 Å². The van der Waals surface area contributed by atoms with Gasteiger partial charge in [-0.3, -0.25) is 4.79 Å². The summed E-state index contributed by atoms with van der Waals surface area (Å²) >= 11 is 0. The molecule has 0 unspecified atom stereocenters. The van der Waals surface area contributed by atoms with Crippen molar-refractivity contribution < 1.29 is 22.7 Å². The first-order valence-corrected chi connectivity index (χ1v) is 7.17. The third-order valence-corrected chi connectivity index (χ3v) is 3.46. The monoisotopic (exact) mass is 329 g/mol. The largest absolute Gasteiger partial charge is 0.487 e. The first kappa shape index (κ1) is 15.9. The average Bonchev–Trinajstić information content (AvgIpc) is 2.94. The summed E-state index contributed by atoms with van der Waals surface area (Å²) in [6.07, 6.45) is 0.737. The van der Waals surface area contributed by atoms with Gasteiger partial charge in [-0.2, -0.15) is 0 Å². The number of oxazole rings is 1. The molecular weight excluding hydrogens is 316 g/mol. The van der Waals surface area contributed by atoms with E-state index in [4.69, 9.17) is 9.15 Å². The summed E-state index contributed by atoms with van der Waals surface area (Å²) in [7, 11) is 0. The van der Waals surface area contributed by atoms with Crippen molar-refractivity contribution in [2.75, 3.05) is 0 Å². The minimum Gasteiger partial charge on any atom is -0.487 e. The maximum absolute atomic E-state index is 13.8. The Morgan fingerprint density at radius 2 is 1.79 bits per heavy atom. The van der Waals surface area contributed by atoms with Gasteiger partial charge in [-0.1, -0.05) is 6.07 Å². The molecule has 0 amide bonds. The maximum atomic E-state index is 13.8. The average molecular weight is 329 g/mol. The van der Waals surface area contributed by atoms with Gasteiger partial charge in [0.25, 0.3) is 0 Å². The van der Waals surface area contributed by atoms with E-state index in [0.717, 1.165) is 18.4 Å². The van der Waals surface area contributed by atoms with Crippen LogP contribution in [0.15, 0.2) is 46.9 Å². The van der Waals surface area contributed by atoms with Crippen LogP contribution in [-0.2, 0) is 6.61 Å². The van der Waals surface area contributed by atoms with E-state index >= 15 is 0 Å². The number of aldehydes is 1. The van der Waals surface area contributed by atoms with Crippen molar-refractivity contribution in [1.82, 2.24) is 4.98 Å². The Morgan fingerprint density at radius 1 is 1.12 bits per heavy atom. The van der Waals surface area contributed by atoms with Gasteiger partial charge in [-0.15, -0.1) is 0 Å². The van der Waals surface area contributed by atoms with Crippen LogP contribution in [0.5, 0.6) is 5.75 Å². The third-order valence-electron chi connectivity index (χ3n) is 3.46. The Morgan fingerprint density at radius 3 is 2.42 bits per heavy atom. The minimum atomic E-state index is -0.742. The van der Waals surface area contributed by atoms with Crippen molar-refractivity contribution in [2.24, 2.45) is 0 Å². The molecule has 0 radical (unpaired) electrons. The molecule has 24 heavy (non-hydrogen) atoms. The van der Waals surface area contributed by atoms with Crippen molar-refractivity contribution in [2.45, 2.75) is 13.5 Å². The molecule has 2 aromatic carbocycles. The molecule has 0 bridgehead atoms. The summed E-state index contributed by atoms with van der Waals surface area (Å²) in [4.78, 5) is 14.7. The molecule has 4 nitrogen and oxygen atoms in total. The number of aromatic nitrogens is 1. The van der Waals surface area contributed by atoms with Gasteiger partial charge in [-0.05, 0) is 43.3 Å². The Kier molecular flexibility index (Phi) is 4.37. The van der Waals surface area contributed by atoms with E-state index in [1.807, 2.05) is 0 Å². The molecule has 0 aliphatic heterocycles. The zero-order chi connectivity index (χ0) is 17.1. The fourth-order valence-electron chi connectivity index (χ4n) is 2.17. The van der Waals surface area contributed by atoms with Crippen LogP contribution < -0.4 is 4.74 Å². The van der Waals surface area contributed by atoms with E-state index in [2.05, 4.69) is 4.98 Å². The quantitative estimate of drug-likeness (QED) is 0.654. The van der Waals surface area contributed by atoms with Crippen LogP contribution in [0.2, 0.25) is 0 Å². The molecule has 0 fully saturated rings. The fraction of sp³-hybridized carbons (Fsp3) is 0.111. The summed E-state index contributed by atoms with van der Waals surface area (Å²) in [5.74, 6) is -0.655. The van der Waals surface area contributed by atoms with Crippen LogP contribution in [0.25, 0.3) is 11.5 Å². The molecule has 122 valence electrons. The van der Waals surface area contributed by atoms with Gasteiger partial charge in [0, 0.05) is 5.56 Å². The van der Waals surface area contributed by atoms with E-state index < -0.39 is 11.6 Å². The van der Waals surface area contributed by atoms with E-state index in [0.29, 0.717) is 22.8 Å². The number of aryl methyl sites for hydroxylation is 1. The first-order chi connectivity index (χ1) is 11.6. The molecule has 0 atom stereocenters. The second kappa shape index (κ2) is 6.62. The predicted octanol–water partition coefficient (Wildman–Crippen LogP) is 4.32. The number of benzene rings is 2. The molecule has 6 heteroatoms. The molecule has 0 saturated heterocycles. The molecule has 0 N–H and O–H groups in total. The summed E-state index contributed by atoms with van der Waals surface area (Å²) in [5.41, 5.74) is 0.673. The van der Waals surface area contributed by atoms with Crippen LogP contribution in [0.3, 0.4) is 0 Å². The number of halogens is 2. The van der Waals surface area contributed by atoms with Gasteiger partial charge in [0.05, 0.1) is 0 Å². The zero-order valence-corrected chi connectivity index (χ0v) is 12.8. The van der Waals surface area contributed by atoms with E-state index in [9.17, 15) is 13.6 Å². The van der Waals surface area contributed by atoms with Gasteiger partial charge < -0.3 is 9.15 Å². The Balaban J connectivity index is 1.80. The molecule has 0 spiro atoms. The second-order valence-corrected chi connectivity index (χ2v) is 5.09. The molecule has 0 aliphatic carbocycles. The summed E-state index contributed by atoms with van der Waals surface area (Å²) in [6.45, 7) is 1.72. The molecule has 1 heterocycles. The van der Waals surface area contributed by atoms with Crippen molar-refractivity contribution in [1.29, 1.82) is 0 Å². The summed E-state index contributed by atoms with van der Waals surface area (Å²) < 4.78 is 38.5. The molecule has 0 aliphatic rings. The van der Waals surface area contributed by atoms with E-state index in [1.54, 1.807) is 31.2 Å². The minimum absolute atomic E-state index is 0.0752. The summed E-state index contributed by atoms with van der Waals surface area (Å²) in [5, 5.41) is 0. The highest BCUT2D eigenvalue weighted by molar-refractivity contribution is 5.74. The van der Waals surface area contributed by atoms with Crippen molar-refractivity contribution in [3.8, 4) is 17.2 Å². The number of rotatable bonds is 5. The molecule has 0 saturated carbocycles. The Labute approximate surface area is 136 Å². The van der Waals surface area contributed by atoms with Gasteiger partial charge in [0.15, 0.2) is 0 Å². The van der Waals surface area contributed by atoms with Crippen LogP contribution in [0.1, 0.15) is 21.8 Å². The van der Waals surface area contributed by atoms with Crippen LogP contribution in [0.4, 0.5) is 8.78 Å². The summed E-state index contributed by atoms with van der Waals surface area (Å²) in [6, 6.07) is 10.1. The lowest BCUT2D eigenvalue weighted by Gasteiger charge is -2.04. The lowest BCUT2D eigenvalue weighted by Crippen LogP contribution is -1.98. The lowest BCUT2D eigenvalue weighted by atomic mass is 10.2. The van der Waals surface area contributed by atoms with Gasteiger partial charge >= 0.3 is 0 Å². The van der Waals surface area contributed by atoms with Crippen molar-refractivity contribution in [3.63, 3.8) is 0 Å². The van der Waals surface area contributed by atoms with Crippen LogP contribution in [0, 0.1) is 18.6 Å². The van der Waals surface area contributed by atoms with E-state index in [1.165, 1.54) is 6.07 Å². The number of hydrogen-bond acceptors (Lipinski definition) is 4. The second-order valence-electron chi connectivity index (χ2n) is 5.09. The highest BCUT2D eigenvalue weighted by Gasteiger charge is 2.19. The Bertz CT molecular complexity index is 852. The van der Waals surface area contributed by atoms with E-state index in [-0.39, 0.29) is 18.1 Å². The zero-order valence-electron chi connectivity index (χ0n) is 12.8. The van der Waals surface area contributed by atoms with Crippen LogP contribution in [-0.4, -0.2) is 11.3 Å². The van der Waals surface area contributed by atoms with Gasteiger partial charge in [0.1, 0.15) is 47.3 Å². The van der Waals surface area contributed by atoms with Gasteiger partial charge in [-0.25, -0.2) is 13.8 Å². The topological polar surface area (TPSA) is 52.3 Å². The predicted molar refractivity (Wildman–Crippen MR) is 82.8 cm³/mol. The molecular formula is C18H13F2NO3. The number of nitrogens with zero attached hydrogens (tertiary/aromatic N) is 1. The van der Waals surface area contributed by atoms with Crippen molar-refractivity contribution in [3.05, 3.63) is 71.1 Å². The third kappa shape index (κ3) is 3.17. The highest BCUT2D eigenvalue weighted by atomic mass is 19.1. The molecule has 1 aromatic heterocycles. The number of ether oxygens (including phenoxy) is 1.